The van der Waals surface area contributed by atoms with Crippen molar-refractivity contribution in [3.63, 3.8) is 0 Å². The predicted molar refractivity (Wildman–Crippen MR) is 88.4 cm³/mol. The van der Waals surface area contributed by atoms with Gasteiger partial charge in [-0.15, -0.1) is 0 Å². The van der Waals surface area contributed by atoms with Crippen LogP contribution < -0.4 is 17.0 Å². The normalized spacial score (nSPS) is 10.0. The third-order valence-corrected chi connectivity index (χ3v) is 3.79. The first kappa shape index (κ1) is 17.7. The van der Waals surface area contributed by atoms with E-state index < -0.39 is 5.97 Å². The van der Waals surface area contributed by atoms with E-state index in [0.717, 1.165) is 16.7 Å². The molecule has 122 valence electrons. The summed E-state index contributed by atoms with van der Waals surface area (Å²) in [6, 6.07) is 23.6. The summed E-state index contributed by atoms with van der Waals surface area (Å²) in [5.41, 5.74) is 3.35. The molecule has 0 radical (unpaired) electrons. The monoisotopic (exact) mass is 339 g/mol. The van der Waals surface area contributed by atoms with Gasteiger partial charge in [0.15, 0.2) is 12.7 Å². The number of benzene rings is 2. The Balaban J connectivity index is 0.00000208. The molecule has 3 aromatic rings. The molecule has 0 amide bonds. The van der Waals surface area contributed by atoms with Crippen molar-refractivity contribution in [1.82, 2.24) is 0 Å². The molecule has 2 aromatic carbocycles. The van der Waals surface area contributed by atoms with Crippen molar-refractivity contribution in [2.24, 2.45) is 0 Å². The van der Waals surface area contributed by atoms with E-state index in [1.165, 1.54) is 0 Å². The molecule has 0 atom stereocenters. The van der Waals surface area contributed by atoms with Crippen molar-refractivity contribution in [3.05, 3.63) is 101 Å². The van der Waals surface area contributed by atoms with E-state index in [9.17, 15) is 9.90 Å². The van der Waals surface area contributed by atoms with Crippen molar-refractivity contribution >= 4 is 5.97 Å². The largest absolute Gasteiger partial charge is 1.00 e. The predicted octanol–water partition coefficient (Wildman–Crippen LogP) is 0.315. The number of nitrogens with zero attached hydrogens (tertiary/aromatic N) is 1. The zero-order valence-corrected chi connectivity index (χ0v) is 13.9. The molecule has 0 aliphatic rings. The summed E-state index contributed by atoms with van der Waals surface area (Å²) in [5, 5.41) is 9.68. The third kappa shape index (κ3) is 4.21. The van der Waals surface area contributed by atoms with Crippen molar-refractivity contribution < 1.29 is 26.9 Å². The molecule has 1 aromatic heterocycles. The Bertz CT molecular complexity index is 745. The number of carboxylic acid groups (broad SMARTS) is 1. The zero-order valence-electron chi connectivity index (χ0n) is 13.1. The molecule has 3 rings (SSSR count). The van der Waals surface area contributed by atoms with Gasteiger partial charge in [-0.1, -0.05) is 60.7 Å². The van der Waals surface area contributed by atoms with Gasteiger partial charge in [0.1, 0.15) is 0 Å². The molecule has 0 saturated carbocycles. The highest BCUT2D eigenvalue weighted by atomic mass is 35.5. The Morgan fingerprint density at radius 1 is 0.833 bits per heavy atom. The van der Waals surface area contributed by atoms with Crippen molar-refractivity contribution in [1.29, 1.82) is 0 Å². The van der Waals surface area contributed by atoms with Gasteiger partial charge < -0.3 is 17.5 Å². The topological polar surface area (TPSA) is 41.2 Å². The van der Waals surface area contributed by atoms with E-state index in [1.807, 2.05) is 79.0 Å². The summed E-state index contributed by atoms with van der Waals surface area (Å²) >= 11 is 0. The minimum Gasteiger partial charge on any atom is -1.00 e. The van der Waals surface area contributed by atoms with Crippen molar-refractivity contribution in [2.75, 3.05) is 0 Å². The Morgan fingerprint density at radius 2 is 1.42 bits per heavy atom. The van der Waals surface area contributed by atoms with Gasteiger partial charge in [0.2, 0.25) is 0 Å². The number of carboxylic acids is 1. The Morgan fingerprint density at radius 3 is 2.00 bits per heavy atom. The number of pyridine rings is 1. The molecule has 0 saturated heterocycles. The fourth-order valence-electron chi connectivity index (χ4n) is 2.73. The molecule has 1 heterocycles. The van der Waals surface area contributed by atoms with Gasteiger partial charge in [0.25, 0.3) is 5.69 Å². The maximum Gasteiger partial charge on any atom is 0.401 e. The molecule has 0 aliphatic carbocycles. The van der Waals surface area contributed by atoms with E-state index in [0.29, 0.717) is 18.7 Å². The van der Waals surface area contributed by atoms with E-state index in [-0.39, 0.29) is 12.4 Å². The second kappa shape index (κ2) is 8.27. The average Bonchev–Trinajstić information content (AvgIpc) is 2.56. The fraction of sp³-hybridized carbons (Fsp3) is 0.100. The molecule has 0 spiro atoms. The lowest BCUT2D eigenvalue weighted by Crippen LogP contribution is -3.00. The van der Waals surface area contributed by atoms with Crippen LogP contribution in [0, 0.1) is 0 Å². The van der Waals surface area contributed by atoms with Gasteiger partial charge in [0, 0.05) is 23.6 Å². The molecule has 0 unspecified atom stereocenters. The molecule has 4 heteroatoms. The molecule has 1 N–H and O–H groups in total. The third-order valence-electron chi connectivity index (χ3n) is 3.79. The highest BCUT2D eigenvalue weighted by Gasteiger charge is 2.23. The molecular weight excluding hydrogens is 322 g/mol. The van der Waals surface area contributed by atoms with Crippen LogP contribution in [-0.2, 0) is 13.0 Å². The van der Waals surface area contributed by atoms with Crippen LogP contribution in [0.2, 0.25) is 0 Å². The summed E-state index contributed by atoms with van der Waals surface area (Å²) in [4.78, 5) is 11.8. The van der Waals surface area contributed by atoms with Crippen LogP contribution in [0.1, 0.15) is 27.2 Å². The highest BCUT2D eigenvalue weighted by molar-refractivity contribution is 5.85. The van der Waals surface area contributed by atoms with Gasteiger partial charge in [-0.25, -0.2) is 4.79 Å². The van der Waals surface area contributed by atoms with Crippen LogP contribution in [0.4, 0.5) is 0 Å². The smallest absolute Gasteiger partial charge is 0.401 e. The first-order valence-corrected chi connectivity index (χ1v) is 7.56. The van der Waals surface area contributed by atoms with E-state index >= 15 is 0 Å². The van der Waals surface area contributed by atoms with Gasteiger partial charge in [0.05, 0.1) is 0 Å². The van der Waals surface area contributed by atoms with Crippen LogP contribution in [0.25, 0.3) is 0 Å². The standard InChI is InChI=1S/C20H17NO2.ClH/c22-20(23)19-18(14-16-8-3-1-4-9-16)12-7-13-21(19)15-17-10-5-2-6-11-17;/h1-13H,14-15H2;1H. The molecule has 24 heavy (non-hydrogen) atoms. The minimum absolute atomic E-state index is 0. The number of hydrogen-bond acceptors (Lipinski definition) is 1. The molecule has 3 nitrogen and oxygen atoms in total. The van der Waals surface area contributed by atoms with Crippen LogP contribution in [0.5, 0.6) is 0 Å². The second-order valence-corrected chi connectivity index (χ2v) is 5.46. The zero-order chi connectivity index (χ0) is 16.1. The lowest BCUT2D eigenvalue weighted by molar-refractivity contribution is -0.691. The Kier molecular flexibility index (Phi) is 6.10. The number of rotatable bonds is 5. The van der Waals surface area contributed by atoms with E-state index in [4.69, 9.17) is 0 Å². The lowest BCUT2D eigenvalue weighted by Gasteiger charge is -2.07. The van der Waals surface area contributed by atoms with E-state index in [2.05, 4.69) is 0 Å². The lowest BCUT2D eigenvalue weighted by atomic mass is 10.0. The molecular formula is C20H18ClNO2. The number of hydrogen-bond donors (Lipinski definition) is 1. The van der Waals surface area contributed by atoms with Crippen LogP contribution >= 0.6 is 0 Å². The van der Waals surface area contributed by atoms with Gasteiger partial charge in [-0.3, -0.25) is 0 Å². The number of aromatic carboxylic acids is 1. The quantitative estimate of drug-likeness (QED) is 0.680. The summed E-state index contributed by atoms with van der Waals surface area (Å²) in [7, 11) is 0. The maximum absolute atomic E-state index is 11.8. The van der Waals surface area contributed by atoms with Crippen molar-refractivity contribution in [3.8, 4) is 0 Å². The Hall–Kier alpha value is -2.65. The maximum atomic E-state index is 11.8. The average molecular weight is 340 g/mol. The number of carbonyl (C=O) groups is 1. The summed E-state index contributed by atoms with van der Waals surface area (Å²) < 4.78 is 1.80. The molecule has 0 bridgehead atoms. The Labute approximate surface area is 147 Å². The first-order valence-electron chi connectivity index (χ1n) is 7.56. The summed E-state index contributed by atoms with van der Waals surface area (Å²) in [6.07, 6.45) is 2.43. The molecule has 0 aliphatic heterocycles. The van der Waals surface area contributed by atoms with Crippen LogP contribution in [-0.4, -0.2) is 11.1 Å². The number of aromatic nitrogens is 1. The van der Waals surface area contributed by atoms with E-state index in [1.54, 1.807) is 4.57 Å². The summed E-state index contributed by atoms with van der Waals surface area (Å²) in [5.74, 6) is -0.896. The van der Waals surface area contributed by atoms with Gasteiger partial charge in [-0.05, 0) is 11.6 Å². The number of halogens is 1. The van der Waals surface area contributed by atoms with Gasteiger partial charge >= 0.3 is 5.97 Å². The summed E-state index contributed by atoms with van der Waals surface area (Å²) in [6.45, 7) is 0.547. The van der Waals surface area contributed by atoms with Crippen LogP contribution in [0.15, 0.2) is 79.0 Å². The second-order valence-electron chi connectivity index (χ2n) is 5.46. The molecule has 0 fully saturated rings. The van der Waals surface area contributed by atoms with Gasteiger partial charge in [-0.2, -0.15) is 4.57 Å². The SMILES string of the molecule is O=C(O)c1c(Cc2ccccc2)ccc[n+]1Cc1ccccc1.[Cl-]. The fourth-order valence-corrected chi connectivity index (χ4v) is 2.73. The van der Waals surface area contributed by atoms with Crippen LogP contribution in [0.3, 0.4) is 0 Å². The first-order chi connectivity index (χ1) is 11.2. The van der Waals surface area contributed by atoms with Crippen molar-refractivity contribution in [2.45, 2.75) is 13.0 Å². The minimum atomic E-state index is -0.896. The highest BCUT2D eigenvalue weighted by Crippen LogP contribution is 2.12.